The standard InChI is InChI=1S/C13H17N3O4/c14-12(15-20)9-2-1-5-16(7-9)13(19)8-3-4-10(17)11(18)6-8/h3-4,6,9,17-18,20H,1-2,5,7H2,(H2,14,15). The maximum absolute atomic E-state index is 12.3. The fourth-order valence-electron chi connectivity index (χ4n) is 2.32. The van der Waals surface area contributed by atoms with Crippen LogP contribution in [0.2, 0.25) is 0 Å². The zero-order chi connectivity index (χ0) is 14.7. The van der Waals surface area contributed by atoms with Gasteiger partial charge in [0, 0.05) is 24.6 Å². The number of phenolic OH excluding ortho intramolecular Hbond substituents is 2. The van der Waals surface area contributed by atoms with Crippen LogP contribution >= 0.6 is 0 Å². The highest BCUT2D eigenvalue weighted by molar-refractivity contribution is 5.95. The number of piperidine rings is 1. The van der Waals surface area contributed by atoms with E-state index in [1.54, 1.807) is 4.90 Å². The number of oxime groups is 1. The Morgan fingerprint density at radius 1 is 1.35 bits per heavy atom. The van der Waals surface area contributed by atoms with Crippen molar-refractivity contribution in [3.8, 4) is 11.5 Å². The van der Waals surface area contributed by atoms with Gasteiger partial charge in [0.05, 0.1) is 0 Å². The third kappa shape index (κ3) is 2.76. The summed E-state index contributed by atoms with van der Waals surface area (Å²) >= 11 is 0. The molecule has 0 radical (unpaired) electrons. The van der Waals surface area contributed by atoms with Gasteiger partial charge in [-0.15, -0.1) is 0 Å². The maximum Gasteiger partial charge on any atom is 0.254 e. The molecule has 20 heavy (non-hydrogen) atoms. The van der Waals surface area contributed by atoms with Crippen LogP contribution < -0.4 is 5.73 Å². The van der Waals surface area contributed by atoms with Gasteiger partial charge >= 0.3 is 0 Å². The van der Waals surface area contributed by atoms with Crippen LogP contribution in [-0.2, 0) is 0 Å². The zero-order valence-corrected chi connectivity index (χ0v) is 10.9. The smallest absolute Gasteiger partial charge is 0.254 e. The molecule has 0 aromatic heterocycles. The van der Waals surface area contributed by atoms with Gasteiger partial charge in [-0.3, -0.25) is 4.79 Å². The van der Waals surface area contributed by atoms with Crippen LogP contribution in [0.3, 0.4) is 0 Å². The largest absolute Gasteiger partial charge is 0.504 e. The fourth-order valence-corrected chi connectivity index (χ4v) is 2.32. The molecule has 7 nitrogen and oxygen atoms in total. The molecule has 1 aliphatic rings. The molecule has 1 unspecified atom stereocenters. The van der Waals surface area contributed by atoms with E-state index in [9.17, 15) is 15.0 Å². The van der Waals surface area contributed by atoms with Gasteiger partial charge in [0.15, 0.2) is 11.5 Å². The molecular formula is C13H17N3O4. The second-order valence-corrected chi connectivity index (χ2v) is 4.82. The Hall–Kier alpha value is -2.44. The average Bonchev–Trinajstić information content (AvgIpc) is 2.48. The number of aromatic hydroxyl groups is 2. The van der Waals surface area contributed by atoms with Gasteiger partial charge in [-0.1, -0.05) is 5.16 Å². The molecule has 1 aliphatic heterocycles. The highest BCUT2D eigenvalue weighted by Crippen LogP contribution is 2.26. The third-order valence-corrected chi connectivity index (χ3v) is 3.46. The van der Waals surface area contributed by atoms with Crippen LogP contribution in [0.25, 0.3) is 0 Å². The summed E-state index contributed by atoms with van der Waals surface area (Å²) in [7, 11) is 0. The number of benzene rings is 1. The molecule has 108 valence electrons. The number of rotatable bonds is 2. The summed E-state index contributed by atoms with van der Waals surface area (Å²) in [6.07, 6.45) is 1.52. The van der Waals surface area contributed by atoms with Crippen molar-refractivity contribution in [3.05, 3.63) is 23.8 Å². The highest BCUT2D eigenvalue weighted by Gasteiger charge is 2.27. The Balaban J connectivity index is 2.14. The first kappa shape index (κ1) is 14.0. The third-order valence-electron chi connectivity index (χ3n) is 3.46. The molecule has 0 spiro atoms. The summed E-state index contributed by atoms with van der Waals surface area (Å²) in [5, 5.41) is 30.4. The molecule has 7 heteroatoms. The van der Waals surface area contributed by atoms with Crippen molar-refractivity contribution in [1.29, 1.82) is 0 Å². The molecular weight excluding hydrogens is 262 g/mol. The Kier molecular flexibility index (Phi) is 3.97. The van der Waals surface area contributed by atoms with E-state index in [0.29, 0.717) is 18.7 Å². The molecule has 2 rings (SSSR count). The van der Waals surface area contributed by atoms with Crippen LogP contribution in [0.15, 0.2) is 23.4 Å². The van der Waals surface area contributed by atoms with Crippen LogP contribution in [0.1, 0.15) is 23.2 Å². The number of amides is 1. The number of carbonyl (C=O) groups excluding carboxylic acids is 1. The van der Waals surface area contributed by atoms with Crippen molar-refractivity contribution < 1.29 is 20.2 Å². The lowest BCUT2D eigenvalue weighted by molar-refractivity contribution is 0.0701. The Labute approximate surface area is 115 Å². The molecule has 1 aromatic rings. The minimum atomic E-state index is -0.333. The second-order valence-electron chi connectivity index (χ2n) is 4.82. The van der Waals surface area contributed by atoms with Gasteiger partial charge in [-0.25, -0.2) is 0 Å². The predicted octanol–water partition coefficient (Wildman–Crippen LogP) is 0.696. The molecule has 5 N–H and O–H groups in total. The first-order valence-electron chi connectivity index (χ1n) is 6.31. The Bertz CT molecular complexity index is 544. The van der Waals surface area contributed by atoms with Crippen molar-refractivity contribution in [2.24, 2.45) is 16.8 Å². The van der Waals surface area contributed by atoms with Crippen LogP contribution in [0, 0.1) is 5.92 Å². The van der Waals surface area contributed by atoms with Crippen LogP contribution in [-0.4, -0.2) is 45.2 Å². The molecule has 1 aromatic carbocycles. The fraction of sp³-hybridized carbons (Fsp3) is 0.385. The summed E-state index contributed by atoms with van der Waals surface area (Å²) in [5.41, 5.74) is 5.87. The van der Waals surface area contributed by atoms with Crippen molar-refractivity contribution >= 4 is 11.7 Å². The molecule has 1 amide bonds. The van der Waals surface area contributed by atoms with Crippen molar-refractivity contribution in [2.45, 2.75) is 12.8 Å². The summed E-state index contributed by atoms with van der Waals surface area (Å²) in [5.74, 6) is -0.897. The van der Waals surface area contributed by atoms with Crippen molar-refractivity contribution in [2.75, 3.05) is 13.1 Å². The molecule has 1 heterocycles. The van der Waals surface area contributed by atoms with Crippen molar-refractivity contribution in [3.63, 3.8) is 0 Å². The predicted molar refractivity (Wildman–Crippen MR) is 71.8 cm³/mol. The number of hydrogen-bond acceptors (Lipinski definition) is 5. The summed E-state index contributed by atoms with van der Waals surface area (Å²) < 4.78 is 0. The number of nitrogens with zero attached hydrogens (tertiary/aromatic N) is 2. The maximum atomic E-state index is 12.3. The van der Waals surface area contributed by atoms with Crippen LogP contribution in [0.4, 0.5) is 0 Å². The van der Waals surface area contributed by atoms with E-state index in [2.05, 4.69) is 5.16 Å². The van der Waals surface area contributed by atoms with Crippen molar-refractivity contribution in [1.82, 2.24) is 4.90 Å². The lowest BCUT2D eigenvalue weighted by atomic mass is 9.96. The number of amidine groups is 1. The van der Waals surface area contributed by atoms with E-state index in [0.717, 1.165) is 12.8 Å². The van der Waals surface area contributed by atoms with E-state index in [1.165, 1.54) is 18.2 Å². The molecule has 1 atom stereocenters. The summed E-state index contributed by atoms with van der Waals surface area (Å²) in [6.45, 7) is 0.950. The number of phenols is 2. The quantitative estimate of drug-likeness (QED) is 0.209. The average molecular weight is 279 g/mol. The minimum Gasteiger partial charge on any atom is -0.504 e. The first-order valence-corrected chi connectivity index (χ1v) is 6.31. The van der Waals surface area contributed by atoms with E-state index >= 15 is 0 Å². The number of likely N-dealkylation sites (tertiary alicyclic amines) is 1. The van der Waals surface area contributed by atoms with Gasteiger partial charge in [0.1, 0.15) is 5.84 Å². The Morgan fingerprint density at radius 2 is 2.10 bits per heavy atom. The van der Waals surface area contributed by atoms with E-state index < -0.39 is 0 Å². The summed E-state index contributed by atoms with van der Waals surface area (Å²) in [4.78, 5) is 13.9. The number of carbonyl (C=O) groups is 1. The molecule has 0 saturated carbocycles. The van der Waals surface area contributed by atoms with Gasteiger partial charge in [0.2, 0.25) is 0 Å². The zero-order valence-electron chi connectivity index (χ0n) is 10.9. The van der Waals surface area contributed by atoms with Gasteiger partial charge in [-0.05, 0) is 31.0 Å². The first-order chi connectivity index (χ1) is 9.52. The topological polar surface area (TPSA) is 119 Å². The second kappa shape index (κ2) is 5.68. The van der Waals surface area contributed by atoms with Crippen LogP contribution in [0.5, 0.6) is 11.5 Å². The monoisotopic (exact) mass is 279 g/mol. The molecule has 1 saturated heterocycles. The Morgan fingerprint density at radius 3 is 2.75 bits per heavy atom. The van der Waals surface area contributed by atoms with Gasteiger partial charge < -0.3 is 26.1 Å². The van der Waals surface area contributed by atoms with E-state index in [-0.39, 0.29) is 29.2 Å². The lowest BCUT2D eigenvalue weighted by Crippen LogP contribution is -2.44. The molecule has 0 bridgehead atoms. The SMILES string of the molecule is N/C(=N/O)C1CCCN(C(=O)c2ccc(O)c(O)c2)C1. The van der Waals surface area contributed by atoms with E-state index in [1.807, 2.05) is 0 Å². The molecule has 0 aliphatic carbocycles. The minimum absolute atomic E-state index is 0.121. The van der Waals surface area contributed by atoms with Gasteiger partial charge in [0.25, 0.3) is 5.91 Å². The van der Waals surface area contributed by atoms with E-state index in [4.69, 9.17) is 10.9 Å². The normalized spacial score (nSPS) is 19.9. The number of hydrogen-bond donors (Lipinski definition) is 4. The summed E-state index contributed by atoms with van der Waals surface area (Å²) in [6, 6.07) is 3.95. The lowest BCUT2D eigenvalue weighted by Gasteiger charge is -2.32. The highest BCUT2D eigenvalue weighted by atomic mass is 16.4. The van der Waals surface area contributed by atoms with Gasteiger partial charge in [-0.2, -0.15) is 0 Å². The molecule has 1 fully saturated rings. The number of nitrogens with two attached hydrogens (primary N) is 1.